The number of methoxy groups -OCH3 is 1. The molecular weight excluding hydrogens is 334 g/mol. The van der Waals surface area contributed by atoms with Gasteiger partial charge in [-0.15, -0.1) is 0 Å². The molecule has 140 valence electrons. The zero-order valence-corrected chi connectivity index (χ0v) is 15.0. The molecule has 2 heterocycles. The molecule has 0 radical (unpaired) electrons. The van der Waals surface area contributed by atoms with Gasteiger partial charge in [0.2, 0.25) is 0 Å². The van der Waals surface area contributed by atoms with Crippen molar-refractivity contribution < 1.29 is 19.4 Å². The SMILES string of the molecule is COC(=O)C1=C(Nc2ccccc2CN2CCCC2)C(=O)N(CCO)C1. The minimum absolute atomic E-state index is 0.142. The maximum absolute atomic E-state index is 12.7. The van der Waals surface area contributed by atoms with Crippen LogP contribution in [0, 0.1) is 0 Å². The number of nitrogens with one attached hydrogen (secondary N) is 1. The second-order valence-electron chi connectivity index (χ2n) is 6.56. The maximum Gasteiger partial charge on any atom is 0.337 e. The van der Waals surface area contributed by atoms with Crippen LogP contribution in [0.25, 0.3) is 0 Å². The molecule has 2 aliphatic rings. The fourth-order valence-electron chi connectivity index (χ4n) is 3.45. The Morgan fingerprint density at radius 1 is 1.27 bits per heavy atom. The summed E-state index contributed by atoms with van der Waals surface area (Å²) in [6.07, 6.45) is 2.42. The normalized spacial score (nSPS) is 17.9. The number of amides is 1. The zero-order chi connectivity index (χ0) is 18.5. The number of esters is 1. The van der Waals surface area contributed by atoms with E-state index < -0.39 is 5.97 Å². The van der Waals surface area contributed by atoms with Gasteiger partial charge in [0.25, 0.3) is 5.91 Å². The van der Waals surface area contributed by atoms with Gasteiger partial charge < -0.3 is 20.1 Å². The lowest BCUT2D eigenvalue weighted by Crippen LogP contribution is -2.31. The quantitative estimate of drug-likeness (QED) is 0.706. The first-order valence-electron chi connectivity index (χ1n) is 8.93. The van der Waals surface area contributed by atoms with E-state index >= 15 is 0 Å². The second-order valence-corrected chi connectivity index (χ2v) is 6.56. The Hall–Kier alpha value is -2.38. The lowest BCUT2D eigenvalue weighted by molar-refractivity contribution is -0.136. The third kappa shape index (κ3) is 3.89. The molecule has 1 aromatic rings. The molecule has 7 nitrogen and oxygen atoms in total. The van der Waals surface area contributed by atoms with Gasteiger partial charge in [-0.25, -0.2) is 4.79 Å². The third-order valence-electron chi connectivity index (χ3n) is 4.82. The van der Waals surface area contributed by atoms with E-state index in [1.807, 2.05) is 24.3 Å². The summed E-state index contributed by atoms with van der Waals surface area (Å²) in [5.74, 6) is -0.825. The molecule has 1 aromatic carbocycles. The standard InChI is InChI=1S/C19H25N3O4/c1-26-19(25)15-13-22(10-11-23)18(24)17(15)20-16-7-3-2-6-14(16)12-21-8-4-5-9-21/h2-3,6-7,20,23H,4-5,8-13H2,1H3. The van der Waals surface area contributed by atoms with Gasteiger partial charge in [-0.05, 0) is 37.6 Å². The minimum Gasteiger partial charge on any atom is -0.466 e. The fraction of sp³-hybridized carbons (Fsp3) is 0.474. The van der Waals surface area contributed by atoms with Gasteiger partial charge >= 0.3 is 5.97 Å². The van der Waals surface area contributed by atoms with Crippen LogP contribution in [0.1, 0.15) is 18.4 Å². The molecule has 1 fully saturated rings. The highest BCUT2D eigenvalue weighted by Gasteiger charge is 2.34. The molecule has 3 rings (SSSR count). The van der Waals surface area contributed by atoms with Crippen molar-refractivity contribution in [3.05, 3.63) is 41.1 Å². The zero-order valence-electron chi connectivity index (χ0n) is 15.0. The van der Waals surface area contributed by atoms with Crippen molar-refractivity contribution in [3.8, 4) is 0 Å². The van der Waals surface area contributed by atoms with Gasteiger partial charge in [0.1, 0.15) is 5.70 Å². The van der Waals surface area contributed by atoms with E-state index in [4.69, 9.17) is 9.84 Å². The van der Waals surface area contributed by atoms with Gasteiger partial charge in [0.15, 0.2) is 0 Å². The van der Waals surface area contributed by atoms with Gasteiger partial charge in [0, 0.05) is 18.8 Å². The van der Waals surface area contributed by atoms with Crippen LogP contribution in [0.15, 0.2) is 35.5 Å². The van der Waals surface area contributed by atoms with E-state index in [2.05, 4.69) is 10.2 Å². The number of nitrogens with zero attached hydrogens (tertiary/aromatic N) is 2. The van der Waals surface area contributed by atoms with Crippen LogP contribution < -0.4 is 5.32 Å². The highest BCUT2D eigenvalue weighted by Crippen LogP contribution is 2.26. The van der Waals surface area contributed by atoms with Gasteiger partial charge in [0.05, 0.1) is 25.8 Å². The number of β-amino-alcohol motifs (C(OH)–C–C–N with tert-alkyl or cyclic N) is 1. The van der Waals surface area contributed by atoms with Crippen LogP contribution in [-0.4, -0.2) is 66.7 Å². The summed E-state index contributed by atoms with van der Waals surface area (Å²) in [6, 6.07) is 7.82. The predicted molar refractivity (Wildman–Crippen MR) is 97.3 cm³/mol. The molecule has 0 saturated carbocycles. The van der Waals surface area contributed by atoms with Crippen molar-refractivity contribution in [2.45, 2.75) is 19.4 Å². The average molecular weight is 359 g/mol. The van der Waals surface area contributed by atoms with Crippen LogP contribution in [0.5, 0.6) is 0 Å². The molecule has 2 aliphatic heterocycles. The average Bonchev–Trinajstić information content (AvgIpc) is 3.26. The maximum atomic E-state index is 12.7. The molecule has 0 unspecified atom stereocenters. The Balaban J connectivity index is 1.85. The first-order chi connectivity index (χ1) is 12.6. The van der Waals surface area contributed by atoms with Gasteiger partial charge in [-0.2, -0.15) is 0 Å². The number of aliphatic hydroxyl groups excluding tert-OH is 1. The predicted octanol–water partition coefficient (Wildman–Crippen LogP) is 0.956. The monoisotopic (exact) mass is 359 g/mol. The molecule has 0 atom stereocenters. The molecule has 0 aromatic heterocycles. The van der Waals surface area contributed by atoms with Crippen LogP contribution in [0.2, 0.25) is 0 Å². The third-order valence-corrected chi connectivity index (χ3v) is 4.82. The van der Waals surface area contributed by atoms with E-state index in [1.54, 1.807) is 0 Å². The Morgan fingerprint density at radius 3 is 2.69 bits per heavy atom. The number of aliphatic hydroxyl groups is 1. The van der Waals surface area contributed by atoms with Crippen molar-refractivity contribution in [1.29, 1.82) is 0 Å². The Kier molecular flexibility index (Phi) is 5.90. The lowest BCUT2D eigenvalue weighted by atomic mass is 10.1. The van der Waals surface area contributed by atoms with Crippen molar-refractivity contribution in [3.63, 3.8) is 0 Å². The number of para-hydroxylation sites is 1. The van der Waals surface area contributed by atoms with E-state index in [-0.39, 0.29) is 31.3 Å². The number of carbonyl (C=O) groups excluding carboxylic acids is 2. The molecule has 0 aliphatic carbocycles. The summed E-state index contributed by atoms with van der Waals surface area (Å²) in [6.45, 7) is 3.13. The number of carbonyl (C=O) groups is 2. The number of likely N-dealkylation sites (tertiary alicyclic amines) is 1. The summed E-state index contributed by atoms with van der Waals surface area (Å²) in [5.41, 5.74) is 2.43. The summed E-state index contributed by atoms with van der Waals surface area (Å²) >= 11 is 0. The van der Waals surface area contributed by atoms with E-state index in [9.17, 15) is 9.59 Å². The first-order valence-corrected chi connectivity index (χ1v) is 8.93. The molecule has 7 heteroatoms. The molecular formula is C19H25N3O4. The highest BCUT2D eigenvalue weighted by atomic mass is 16.5. The Bertz CT molecular complexity index is 710. The molecule has 26 heavy (non-hydrogen) atoms. The lowest BCUT2D eigenvalue weighted by Gasteiger charge is -2.19. The first kappa shape index (κ1) is 18.4. The van der Waals surface area contributed by atoms with Crippen LogP contribution >= 0.6 is 0 Å². The second kappa shape index (κ2) is 8.33. The van der Waals surface area contributed by atoms with Crippen molar-refractivity contribution >= 4 is 17.6 Å². The Labute approximate surface area is 153 Å². The van der Waals surface area contributed by atoms with Gasteiger partial charge in [-0.3, -0.25) is 9.69 Å². The van der Waals surface area contributed by atoms with Crippen molar-refractivity contribution in [2.24, 2.45) is 0 Å². The number of hydrogen-bond donors (Lipinski definition) is 2. The van der Waals surface area contributed by atoms with E-state index in [0.717, 1.165) is 30.9 Å². The fourth-order valence-corrected chi connectivity index (χ4v) is 3.45. The number of ether oxygens (including phenoxy) is 1. The van der Waals surface area contributed by atoms with Crippen LogP contribution in [0.3, 0.4) is 0 Å². The molecule has 1 saturated heterocycles. The van der Waals surface area contributed by atoms with Crippen LogP contribution in [0.4, 0.5) is 5.69 Å². The summed E-state index contributed by atoms with van der Waals surface area (Å²) in [5, 5.41) is 12.3. The van der Waals surface area contributed by atoms with Crippen molar-refractivity contribution in [1.82, 2.24) is 9.80 Å². The van der Waals surface area contributed by atoms with Crippen molar-refractivity contribution in [2.75, 3.05) is 45.2 Å². The van der Waals surface area contributed by atoms with Gasteiger partial charge in [-0.1, -0.05) is 18.2 Å². The minimum atomic E-state index is -0.529. The highest BCUT2D eigenvalue weighted by molar-refractivity contribution is 6.08. The largest absolute Gasteiger partial charge is 0.466 e. The van der Waals surface area contributed by atoms with Crippen LogP contribution in [-0.2, 0) is 20.9 Å². The molecule has 1 amide bonds. The summed E-state index contributed by atoms with van der Waals surface area (Å²) < 4.78 is 4.83. The number of anilines is 1. The Morgan fingerprint density at radius 2 is 2.00 bits per heavy atom. The number of rotatable bonds is 7. The van der Waals surface area contributed by atoms with E-state index in [0.29, 0.717) is 5.57 Å². The number of hydrogen-bond acceptors (Lipinski definition) is 6. The topological polar surface area (TPSA) is 82.1 Å². The smallest absolute Gasteiger partial charge is 0.337 e. The number of benzene rings is 1. The summed E-state index contributed by atoms with van der Waals surface area (Å²) in [4.78, 5) is 28.6. The van der Waals surface area contributed by atoms with E-state index in [1.165, 1.54) is 24.9 Å². The summed E-state index contributed by atoms with van der Waals surface area (Å²) in [7, 11) is 1.30. The molecule has 0 bridgehead atoms. The molecule has 2 N–H and O–H groups in total. The molecule has 0 spiro atoms.